The van der Waals surface area contributed by atoms with E-state index in [9.17, 15) is 0 Å². The minimum absolute atomic E-state index is 0.702. The molecule has 6 aromatic rings. The first kappa shape index (κ1) is 19.6. The lowest BCUT2D eigenvalue weighted by Gasteiger charge is -2.04. The SMILES string of the molecule is COc1ccc(-c2nc3sccn3c2-c2cc(-c3ccc4cc(OC)ccc4c3)on2)cc1. The van der Waals surface area contributed by atoms with E-state index in [1.54, 1.807) is 25.6 Å². The van der Waals surface area contributed by atoms with E-state index in [2.05, 4.69) is 21.7 Å². The number of fused-ring (bicyclic) bond motifs is 2. The summed E-state index contributed by atoms with van der Waals surface area (Å²) >= 11 is 1.59. The smallest absolute Gasteiger partial charge is 0.194 e. The van der Waals surface area contributed by atoms with Crippen LogP contribution in [0.3, 0.4) is 0 Å². The predicted octanol–water partition coefficient (Wildman–Crippen LogP) is 6.56. The zero-order valence-electron chi connectivity index (χ0n) is 18.0. The van der Waals surface area contributed by atoms with E-state index in [1.165, 1.54) is 0 Å². The third kappa shape index (κ3) is 3.34. The molecule has 0 aliphatic carbocycles. The van der Waals surface area contributed by atoms with Gasteiger partial charge in [-0.3, -0.25) is 4.40 Å². The molecule has 162 valence electrons. The van der Waals surface area contributed by atoms with E-state index in [0.29, 0.717) is 5.76 Å². The summed E-state index contributed by atoms with van der Waals surface area (Å²) in [7, 11) is 3.33. The molecule has 0 saturated heterocycles. The fourth-order valence-electron chi connectivity index (χ4n) is 4.01. The molecule has 0 bridgehead atoms. The van der Waals surface area contributed by atoms with Crippen molar-refractivity contribution in [3.8, 4) is 45.5 Å². The molecule has 0 fully saturated rings. The number of hydrogen-bond acceptors (Lipinski definition) is 6. The van der Waals surface area contributed by atoms with Gasteiger partial charge in [0, 0.05) is 28.8 Å². The van der Waals surface area contributed by atoms with Gasteiger partial charge in [-0.1, -0.05) is 23.4 Å². The number of thiazole rings is 1. The Labute approximate surface area is 193 Å². The second kappa shape index (κ2) is 7.79. The van der Waals surface area contributed by atoms with Gasteiger partial charge in [0.2, 0.25) is 0 Å². The van der Waals surface area contributed by atoms with Crippen molar-refractivity contribution in [2.24, 2.45) is 0 Å². The van der Waals surface area contributed by atoms with Crippen LogP contribution >= 0.6 is 11.3 Å². The van der Waals surface area contributed by atoms with E-state index in [-0.39, 0.29) is 0 Å². The maximum Gasteiger partial charge on any atom is 0.194 e. The lowest BCUT2D eigenvalue weighted by Crippen LogP contribution is -1.88. The zero-order chi connectivity index (χ0) is 22.4. The third-order valence-corrected chi connectivity index (χ3v) is 6.47. The van der Waals surface area contributed by atoms with E-state index in [4.69, 9.17) is 19.0 Å². The number of nitrogens with zero attached hydrogens (tertiary/aromatic N) is 3. The molecule has 6 nitrogen and oxygen atoms in total. The molecular formula is C26H19N3O3S. The molecular weight excluding hydrogens is 434 g/mol. The second-order valence-corrected chi connectivity index (χ2v) is 8.47. The fraction of sp³-hybridized carbons (Fsp3) is 0.0769. The Morgan fingerprint density at radius 3 is 2.36 bits per heavy atom. The molecule has 0 aliphatic rings. The van der Waals surface area contributed by atoms with Crippen molar-refractivity contribution in [1.82, 2.24) is 14.5 Å². The third-order valence-electron chi connectivity index (χ3n) is 5.71. The molecule has 6 rings (SSSR count). The second-order valence-electron chi connectivity index (χ2n) is 7.60. The van der Waals surface area contributed by atoms with Crippen molar-refractivity contribution in [1.29, 1.82) is 0 Å². The van der Waals surface area contributed by atoms with Crippen molar-refractivity contribution in [3.63, 3.8) is 0 Å². The minimum Gasteiger partial charge on any atom is -0.497 e. The van der Waals surface area contributed by atoms with E-state index < -0.39 is 0 Å². The number of hydrogen-bond donors (Lipinski definition) is 0. The molecule has 0 amide bonds. The van der Waals surface area contributed by atoms with Gasteiger partial charge >= 0.3 is 0 Å². The Bertz CT molecular complexity index is 1590. The summed E-state index contributed by atoms with van der Waals surface area (Å²) < 4.78 is 18.5. The lowest BCUT2D eigenvalue weighted by molar-refractivity contribution is 0.415. The Kier molecular flexibility index (Phi) is 4.62. The monoisotopic (exact) mass is 453 g/mol. The summed E-state index contributed by atoms with van der Waals surface area (Å²) in [5, 5.41) is 8.65. The van der Waals surface area contributed by atoms with Crippen molar-refractivity contribution in [2.45, 2.75) is 0 Å². The van der Waals surface area contributed by atoms with Crippen LogP contribution in [0.1, 0.15) is 0 Å². The molecule has 0 spiro atoms. The van der Waals surface area contributed by atoms with Gasteiger partial charge in [-0.25, -0.2) is 4.98 Å². The Balaban J connectivity index is 1.44. The molecule has 3 aromatic carbocycles. The highest BCUT2D eigenvalue weighted by molar-refractivity contribution is 7.15. The maximum atomic E-state index is 5.79. The maximum absolute atomic E-state index is 5.79. The Morgan fingerprint density at radius 2 is 1.55 bits per heavy atom. The molecule has 3 aromatic heterocycles. The quantitative estimate of drug-likeness (QED) is 0.296. The summed E-state index contributed by atoms with van der Waals surface area (Å²) in [6, 6.07) is 22.1. The standard InChI is InChI=1S/C26H19N3O3S/c1-30-20-8-5-16(6-9-20)24-25(29-11-12-33-26(29)27-24)22-15-23(32-28-22)19-4-3-18-14-21(31-2)10-7-17(18)13-19/h3-15H,1-2H3. The summed E-state index contributed by atoms with van der Waals surface area (Å²) in [4.78, 5) is 5.76. The highest BCUT2D eigenvalue weighted by Crippen LogP contribution is 2.36. The van der Waals surface area contributed by atoms with Gasteiger partial charge in [0.1, 0.15) is 22.9 Å². The van der Waals surface area contributed by atoms with Crippen molar-refractivity contribution >= 4 is 27.1 Å². The highest BCUT2D eigenvalue weighted by Gasteiger charge is 2.20. The molecule has 33 heavy (non-hydrogen) atoms. The summed E-state index contributed by atoms with van der Waals surface area (Å²) in [5.41, 5.74) is 4.44. The molecule has 0 atom stereocenters. The average molecular weight is 454 g/mol. The van der Waals surface area contributed by atoms with E-state index in [1.807, 2.05) is 66.2 Å². The van der Waals surface area contributed by atoms with Crippen LogP contribution in [0.15, 0.2) is 82.8 Å². The van der Waals surface area contributed by atoms with Crippen LogP contribution in [0.2, 0.25) is 0 Å². The highest BCUT2D eigenvalue weighted by atomic mass is 32.1. The molecule has 0 N–H and O–H groups in total. The summed E-state index contributed by atoms with van der Waals surface area (Å²) in [6.45, 7) is 0. The van der Waals surface area contributed by atoms with Crippen LogP contribution in [0.25, 0.3) is 49.7 Å². The Morgan fingerprint density at radius 1 is 0.818 bits per heavy atom. The Hall–Kier alpha value is -4.10. The first-order valence-corrected chi connectivity index (χ1v) is 11.3. The number of methoxy groups -OCH3 is 2. The van der Waals surface area contributed by atoms with Gasteiger partial charge in [-0.05, 0) is 53.2 Å². The van der Waals surface area contributed by atoms with E-state index >= 15 is 0 Å². The predicted molar refractivity (Wildman–Crippen MR) is 130 cm³/mol. The minimum atomic E-state index is 0.702. The van der Waals surface area contributed by atoms with Gasteiger partial charge < -0.3 is 14.0 Å². The average Bonchev–Trinajstić information content (AvgIpc) is 3.59. The van der Waals surface area contributed by atoms with Gasteiger partial charge in [0.05, 0.1) is 19.9 Å². The number of aromatic nitrogens is 3. The van der Waals surface area contributed by atoms with Crippen molar-refractivity contribution in [2.75, 3.05) is 14.2 Å². The number of benzene rings is 3. The van der Waals surface area contributed by atoms with Crippen LogP contribution in [-0.4, -0.2) is 28.8 Å². The summed E-state index contributed by atoms with van der Waals surface area (Å²) in [5.74, 6) is 2.34. The topological polar surface area (TPSA) is 61.8 Å². The van der Waals surface area contributed by atoms with Crippen LogP contribution in [-0.2, 0) is 0 Å². The molecule has 0 unspecified atom stereocenters. The van der Waals surface area contributed by atoms with Gasteiger partial charge in [-0.2, -0.15) is 0 Å². The first-order valence-electron chi connectivity index (χ1n) is 10.4. The summed E-state index contributed by atoms with van der Waals surface area (Å²) in [6.07, 6.45) is 2.01. The molecule has 0 saturated carbocycles. The van der Waals surface area contributed by atoms with Gasteiger partial charge in [-0.15, -0.1) is 11.3 Å². The van der Waals surface area contributed by atoms with Crippen molar-refractivity contribution in [3.05, 3.63) is 78.3 Å². The first-order chi connectivity index (χ1) is 16.2. The van der Waals surface area contributed by atoms with Crippen LogP contribution in [0.5, 0.6) is 11.5 Å². The van der Waals surface area contributed by atoms with Crippen LogP contribution < -0.4 is 9.47 Å². The fourth-order valence-corrected chi connectivity index (χ4v) is 4.72. The van der Waals surface area contributed by atoms with E-state index in [0.717, 1.165) is 55.4 Å². The molecule has 3 heterocycles. The number of imidazole rings is 1. The van der Waals surface area contributed by atoms with Crippen molar-refractivity contribution < 1.29 is 14.0 Å². The van der Waals surface area contributed by atoms with Gasteiger partial charge in [0.25, 0.3) is 0 Å². The number of ether oxygens (including phenoxy) is 2. The van der Waals surface area contributed by atoms with Crippen LogP contribution in [0, 0.1) is 0 Å². The largest absolute Gasteiger partial charge is 0.497 e. The number of rotatable bonds is 5. The zero-order valence-corrected chi connectivity index (χ0v) is 18.8. The van der Waals surface area contributed by atoms with Gasteiger partial charge in [0.15, 0.2) is 10.7 Å². The van der Waals surface area contributed by atoms with Crippen LogP contribution in [0.4, 0.5) is 0 Å². The lowest BCUT2D eigenvalue weighted by atomic mass is 10.0. The molecule has 7 heteroatoms. The molecule has 0 aliphatic heterocycles. The molecule has 0 radical (unpaired) electrons. The normalized spacial score (nSPS) is 11.3.